The Morgan fingerprint density at radius 3 is 2.27 bits per heavy atom. The zero-order chi connectivity index (χ0) is 11.3. The molecule has 1 aliphatic rings. The van der Waals surface area contributed by atoms with Crippen LogP contribution in [0.2, 0.25) is 0 Å². The topological polar surface area (TPSA) is 35.5 Å². The summed E-state index contributed by atoms with van der Waals surface area (Å²) in [6, 6.07) is 0. The first-order chi connectivity index (χ1) is 7.09. The van der Waals surface area contributed by atoms with E-state index in [1.807, 2.05) is 20.8 Å². The van der Waals surface area contributed by atoms with Gasteiger partial charge in [0, 0.05) is 0 Å². The standard InChI is InChI=1S/C12H22O3/c1-9(2)10(3)14-12(13)15-11-7-5-4-6-8-11/h9-11H,4-8H2,1-3H3/t10-/m0/s1. The van der Waals surface area contributed by atoms with Crippen molar-refractivity contribution in [1.82, 2.24) is 0 Å². The third-order valence-corrected chi connectivity index (χ3v) is 3.04. The van der Waals surface area contributed by atoms with Crippen molar-refractivity contribution in [3.63, 3.8) is 0 Å². The molecule has 3 nitrogen and oxygen atoms in total. The summed E-state index contributed by atoms with van der Waals surface area (Å²) in [4.78, 5) is 11.4. The van der Waals surface area contributed by atoms with Gasteiger partial charge in [0.1, 0.15) is 12.2 Å². The van der Waals surface area contributed by atoms with E-state index < -0.39 is 6.16 Å². The second kappa shape index (κ2) is 5.99. The van der Waals surface area contributed by atoms with Gasteiger partial charge in [-0.25, -0.2) is 4.79 Å². The molecule has 1 aliphatic carbocycles. The van der Waals surface area contributed by atoms with Crippen molar-refractivity contribution in [1.29, 1.82) is 0 Å². The summed E-state index contributed by atoms with van der Waals surface area (Å²) in [5.74, 6) is 0.337. The summed E-state index contributed by atoms with van der Waals surface area (Å²) in [6.45, 7) is 5.95. The average Bonchev–Trinajstić information content (AvgIpc) is 2.18. The molecule has 1 rings (SSSR count). The third-order valence-electron chi connectivity index (χ3n) is 3.04. The van der Waals surface area contributed by atoms with Gasteiger partial charge in [-0.2, -0.15) is 0 Å². The smallest absolute Gasteiger partial charge is 0.431 e. The van der Waals surface area contributed by atoms with Gasteiger partial charge in [0.15, 0.2) is 0 Å². The van der Waals surface area contributed by atoms with E-state index in [4.69, 9.17) is 9.47 Å². The minimum Gasteiger partial charge on any atom is -0.431 e. The fraction of sp³-hybridized carbons (Fsp3) is 0.917. The molecule has 0 N–H and O–H groups in total. The van der Waals surface area contributed by atoms with E-state index in [1.165, 1.54) is 6.42 Å². The number of ether oxygens (including phenoxy) is 2. The molecule has 0 bridgehead atoms. The van der Waals surface area contributed by atoms with Gasteiger partial charge < -0.3 is 9.47 Å². The number of carbonyl (C=O) groups is 1. The van der Waals surface area contributed by atoms with Crippen molar-refractivity contribution in [2.75, 3.05) is 0 Å². The molecule has 0 spiro atoms. The van der Waals surface area contributed by atoms with Crippen molar-refractivity contribution in [3.05, 3.63) is 0 Å². The van der Waals surface area contributed by atoms with Crippen LogP contribution in [0.5, 0.6) is 0 Å². The Balaban J connectivity index is 2.22. The van der Waals surface area contributed by atoms with Crippen LogP contribution in [0.3, 0.4) is 0 Å². The van der Waals surface area contributed by atoms with Crippen LogP contribution >= 0.6 is 0 Å². The molecule has 1 atom stereocenters. The fourth-order valence-corrected chi connectivity index (χ4v) is 1.63. The molecule has 88 valence electrons. The van der Waals surface area contributed by atoms with Crippen molar-refractivity contribution in [3.8, 4) is 0 Å². The largest absolute Gasteiger partial charge is 0.508 e. The van der Waals surface area contributed by atoms with Crippen LogP contribution in [0, 0.1) is 5.92 Å². The summed E-state index contributed by atoms with van der Waals surface area (Å²) >= 11 is 0. The normalized spacial score (nSPS) is 20.0. The van der Waals surface area contributed by atoms with E-state index in [-0.39, 0.29) is 12.2 Å². The van der Waals surface area contributed by atoms with Gasteiger partial charge in [0.2, 0.25) is 0 Å². The van der Waals surface area contributed by atoms with Gasteiger partial charge in [-0.15, -0.1) is 0 Å². The van der Waals surface area contributed by atoms with Gasteiger partial charge in [-0.1, -0.05) is 20.3 Å². The van der Waals surface area contributed by atoms with Gasteiger partial charge >= 0.3 is 6.16 Å². The Morgan fingerprint density at radius 2 is 1.73 bits per heavy atom. The van der Waals surface area contributed by atoms with Gasteiger partial charge in [0.25, 0.3) is 0 Å². The first-order valence-corrected chi connectivity index (χ1v) is 5.97. The Labute approximate surface area is 92.1 Å². The van der Waals surface area contributed by atoms with Crippen molar-refractivity contribution in [2.24, 2.45) is 5.92 Å². The molecule has 0 aliphatic heterocycles. The molecule has 1 fully saturated rings. The predicted molar refractivity (Wildman–Crippen MR) is 58.7 cm³/mol. The predicted octanol–water partition coefficient (Wildman–Crippen LogP) is 3.52. The van der Waals surface area contributed by atoms with Crippen LogP contribution in [0.15, 0.2) is 0 Å². The van der Waals surface area contributed by atoms with Crippen molar-refractivity contribution >= 4 is 6.16 Å². The monoisotopic (exact) mass is 214 g/mol. The first-order valence-electron chi connectivity index (χ1n) is 5.97. The van der Waals surface area contributed by atoms with E-state index in [0.29, 0.717) is 5.92 Å². The lowest BCUT2D eigenvalue weighted by molar-refractivity contribution is -0.0167. The van der Waals surface area contributed by atoms with Gasteiger partial charge in [-0.05, 0) is 38.5 Å². The molecule has 0 aromatic heterocycles. The fourth-order valence-electron chi connectivity index (χ4n) is 1.63. The van der Waals surface area contributed by atoms with Crippen LogP contribution in [-0.2, 0) is 9.47 Å². The van der Waals surface area contributed by atoms with Crippen LogP contribution < -0.4 is 0 Å². The average molecular weight is 214 g/mol. The highest BCUT2D eigenvalue weighted by atomic mass is 16.7. The summed E-state index contributed by atoms with van der Waals surface area (Å²) in [5, 5.41) is 0. The molecule has 0 aromatic rings. The van der Waals surface area contributed by atoms with Gasteiger partial charge in [-0.3, -0.25) is 0 Å². The molecular formula is C12H22O3. The van der Waals surface area contributed by atoms with E-state index in [0.717, 1.165) is 25.7 Å². The maximum atomic E-state index is 11.4. The number of hydrogen-bond donors (Lipinski definition) is 0. The lowest BCUT2D eigenvalue weighted by Gasteiger charge is -2.23. The highest BCUT2D eigenvalue weighted by Crippen LogP contribution is 2.21. The maximum absolute atomic E-state index is 11.4. The Morgan fingerprint density at radius 1 is 1.13 bits per heavy atom. The maximum Gasteiger partial charge on any atom is 0.508 e. The summed E-state index contributed by atoms with van der Waals surface area (Å²) < 4.78 is 10.4. The highest BCUT2D eigenvalue weighted by molar-refractivity contribution is 5.60. The minimum absolute atomic E-state index is 0.0684. The highest BCUT2D eigenvalue weighted by Gasteiger charge is 2.20. The van der Waals surface area contributed by atoms with Crippen molar-refractivity contribution < 1.29 is 14.3 Å². The molecule has 15 heavy (non-hydrogen) atoms. The van der Waals surface area contributed by atoms with Crippen molar-refractivity contribution in [2.45, 2.75) is 65.1 Å². The van der Waals surface area contributed by atoms with E-state index in [2.05, 4.69) is 0 Å². The summed E-state index contributed by atoms with van der Waals surface area (Å²) in [5.41, 5.74) is 0. The van der Waals surface area contributed by atoms with Crippen LogP contribution in [0.4, 0.5) is 4.79 Å². The molecule has 1 saturated carbocycles. The van der Waals surface area contributed by atoms with Crippen LogP contribution in [0.25, 0.3) is 0 Å². The molecule has 0 heterocycles. The van der Waals surface area contributed by atoms with Crippen LogP contribution in [0.1, 0.15) is 52.9 Å². The molecule has 3 heteroatoms. The summed E-state index contributed by atoms with van der Waals surface area (Å²) in [6.07, 6.45) is 5.10. The van der Waals surface area contributed by atoms with E-state index in [1.54, 1.807) is 0 Å². The minimum atomic E-state index is -0.497. The molecule has 0 amide bonds. The lowest BCUT2D eigenvalue weighted by Crippen LogP contribution is -2.26. The zero-order valence-corrected chi connectivity index (χ0v) is 9.99. The third kappa shape index (κ3) is 4.54. The van der Waals surface area contributed by atoms with Crippen LogP contribution in [-0.4, -0.2) is 18.4 Å². The molecular weight excluding hydrogens is 192 g/mol. The molecule has 0 aromatic carbocycles. The molecule has 0 saturated heterocycles. The second-order valence-corrected chi connectivity index (χ2v) is 4.69. The molecule has 0 radical (unpaired) electrons. The summed E-state index contributed by atoms with van der Waals surface area (Å²) in [7, 11) is 0. The number of carbonyl (C=O) groups excluding carboxylic acids is 1. The number of hydrogen-bond acceptors (Lipinski definition) is 3. The second-order valence-electron chi connectivity index (χ2n) is 4.69. The quantitative estimate of drug-likeness (QED) is 0.674. The Hall–Kier alpha value is -0.730. The first kappa shape index (κ1) is 12.3. The Kier molecular flexibility index (Phi) is 4.92. The molecule has 0 unspecified atom stereocenters. The van der Waals surface area contributed by atoms with E-state index in [9.17, 15) is 4.79 Å². The Bertz CT molecular complexity index is 195. The SMILES string of the molecule is CC(C)[C@H](C)OC(=O)OC1CCCCC1. The van der Waals surface area contributed by atoms with E-state index >= 15 is 0 Å². The van der Waals surface area contributed by atoms with Gasteiger partial charge in [0.05, 0.1) is 0 Å². The zero-order valence-electron chi connectivity index (χ0n) is 9.99. The number of rotatable bonds is 3. The lowest BCUT2D eigenvalue weighted by atomic mass is 9.98.